The van der Waals surface area contributed by atoms with Crippen LogP contribution in [0, 0.1) is 12.7 Å². The van der Waals surface area contributed by atoms with Crippen molar-refractivity contribution < 1.29 is 4.39 Å². The van der Waals surface area contributed by atoms with Crippen molar-refractivity contribution in [3.8, 4) is 0 Å². The van der Waals surface area contributed by atoms with E-state index in [1.54, 1.807) is 6.20 Å². The molecule has 0 bridgehead atoms. The van der Waals surface area contributed by atoms with Crippen LogP contribution in [0.3, 0.4) is 0 Å². The van der Waals surface area contributed by atoms with Crippen LogP contribution in [0.2, 0.25) is 10.3 Å². The van der Waals surface area contributed by atoms with Crippen LogP contribution in [-0.2, 0) is 13.0 Å². The number of nitrogens with one attached hydrogen (secondary N) is 1. The smallest absolute Gasteiger partial charge is 0.166 e. The van der Waals surface area contributed by atoms with Crippen molar-refractivity contribution in [2.45, 2.75) is 19.9 Å². The van der Waals surface area contributed by atoms with Crippen molar-refractivity contribution in [3.63, 3.8) is 0 Å². The highest BCUT2D eigenvalue weighted by Gasteiger charge is 2.08. The van der Waals surface area contributed by atoms with E-state index in [4.69, 9.17) is 23.2 Å². The molecular weight excluding hydrogens is 300 g/mol. The summed E-state index contributed by atoms with van der Waals surface area (Å²) in [7, 11) is 0. The van der Waals surface area contributed by atoms with Crippen LogP contribution in [-0.4, -0.2) is 16.5 Å². The number of pyridine rings is 2. The number of hydrogen-bond donors (Lipinski definition) is 1. The van der Waals surface area contributed by atoms with Crippen LogP contribution >= 0.6 is 23.2 Å². The SMILES string of the molecule is Cc1cnccc1CCNCc1cc(F)c(Cl)nc1Cl. The van der Waals surface area contributed by atoms with Crippen molar-refractivity contribution in [1.82, 2.24) is 15.3 Å². The summed E-state index contributed by atoms with van der Waals surface area (Å²) in [6.07, 6.45) is 4.48. The number of rotatable bonds is 5. The number of aryl methyl sites for hydroxylation is 1. The van der Waals surface area contributed by atoms with E-state index in [0.717, 1.165) is 18.5 Å². The molecule has 2 aromatic heterocycles. The summed E-state index contributed by atoms with van der Waals surface area (Å²) in [6, 6.07) is 3.30. The maximum Gasteiger partial charge on any atom is 0.166 e. The molecule has 106 valence electrons. The summed E-state index contributed by atoms with van der Waals surface area (Å²) in [6.45, 7) is 3.23. The fourth-order valence-electron chi connectivity index (χ4n) is 1.84. The molecular formula is C14H14Cl2FN3. The van der Waals surface area contributed by atoms with E-state index in [1.165, 1.54) is 11.6 Å². The van der Waals surface area contributed by atoms with Crippen LogP contribution in [0.4, 0.5) is 4.39 Å². The van der Waals surface area contributed by atoms with Crippen molar-refractivity contribution in [2.75, 3.05) is 6.54 Å². The van der Waals surface area contributed by atoms with E-state index in [2.05, 4.69) is 15.3 Å². The molecule has 0 aliphatic carbocycles. The van der Waals surface area contributed by atoms with Gasteiger partial charge in [-0.1, -0.05) is 23.2 Å². The summed E-state index contributed by atoms with van der Waals surface area (Å²) in [5.41, 5.74) is 2.99. The molecule has 2 rings (SSSR count). The Morgan fingerprint density at radius 3 is 2.80 bits per heavy atom. The highest BCUT2D eigenvalue weighted by atomic mass is 35.5. The molecule has 0 aliphatic rings. The summed E-state index contributed by atoms with van der Waals surface area (Å²) in [5, 5.41) is 3.23. The Morgan fingerprint density at radius 2 is 2.05 bits per heavy atom. The predicted octanol–water partition coefficient (Wildman–Crippen LogP) is 3.56. The Balaban J connectivity index is 1.88. The van der Waals surface area contributed by atoms with Crippen LogP contribution < -0.4 is 5.32 Å². The minimum atomic E-state index is -0.558. The number of halogens is 3. The molecule has 0 atom stereocenters. The molecule has 0 fully saturated rings. The van der Waals surface area contributed by atoms with Crippen molar-refractivity contribution >= 4 is 23.2 Å². The van der Waals surface area contributed by atoms with E-state index in [1.807, 2.05) is 19.2 Å². The van der Waals surface area contributed by atoms with Crippen LogP contribution in [0.15, 0.2) is 24.5 Å². The molecule has 1 N–H and O–H groups in total. The second kappa shape index (κ2) is 6.97. The van der Waals surface area contributed by atoms with E-state index < -0.39 is 5.82 Å². The van der Waals surface area contributed by atoms with Gasteiger partial charge in [0.15, 0.2) is 11.0 Å². The molecule has 0 spiro atoms. The van der Waals surface area contributed by atoms with Gasteiger partial charge in [0.25, 0.3) is 0 Å². The molecule has 0 unspecified atom stereocenters. The summed E-state index contributed by atoms with van der Waals surface area (Å²) in [5.74, 6) is -0.558. The van der Waals surface area contributed by atoms with Crippen LogP contribution in [0.25, 0.3) is 0 Å². The topological polar surface area (TPSA) is 37.8 Å². The molecule has 2 heterocycles. The number of aromatic nitrogens is 2. The largest absolute Gasteiger partial charge is 0.312 e. The fraction of sp³-hybridized carbons (Fsp3) is 0.286. The van der Waals surface area contributed by atoms with Crippen molar-refractivity contribution in [3.05, 3.63) is 57.3 Å². The monoisotopic (exact) mass is 313 g/mol. The Kier molecular flexibility index (Phi) is 5.29. The second-order valence-corrected chi connectivity index (χ2v) is 5.16. The van der Waals surface area contributed by atoms with Gasteiger partial charge in [0.05, 0.1) is 0 Å². The third kappa shape index (κ3) is 3.88. The average molecular weight is 314 g/mol. The Labute approximate surface area is 127 Å². The van der Waals surface area contributed by atoms with Gasteiger partial charge in [0.2, 0.25) is 0 Å². The molecule has 0 radical (unpaired) electrons. The lowest BCUT2D eigenvalue weighted by atomic mass is 10.1. The third-order valence-electron chi connectivity index (χ3n) is 2.98. The zero-order valence-electron chi connectivity index (χ0n) is 11.0. The standard InChI is InChI=1S/C14H14Cl2FN3/c1-9-7-18-4-2-10(9)3-5-19-8-11-6-12(17)14(16)20-13(11)15/h2,4,6-7,19H,3,5,8H2,1H3. The predicted molar refractivity (Wildman–Crippen MR) is 78.6 cm³/mol. The lowest BCUT2D eigenvalue weighted by Gasteiger charge is -2.08. The maximum atomic E-state index is 13.3. The third-order valence-corrected chi connectivity index (χ3v) is 3.57. The molecule has 0 aromatic carbocycles. The van der Waals surface area contributed by atoms with Gasteiger partial charge in [0, 0.05) is 24.5 Å². The van der Waals surface area contributed by atoms with Gasteiger partial charge in [-0.15, -0.1) is 0 Å². The molecule has 0 saturated carbocycles. The highest BCUT2D eigenvalue weighted by molar-refractivity contribution is 6.32. The van der Waals surface area contributed by atoms with Crippen molar-refractivity contribution in [2.24, 2.45) is 0 Å². The molecule has 0 amide bonds. The maximum absolute atomic E-state index is 13.3. The Hall–Kier alpha value is -1.23. The first-order chi connectivity index (χ1) is 9.58. The number of hydrogen-bond acceptors (Lipinski definition) is 3. The van der Waals surface area contributed by atoms with Gasteiger partial charge in [-0.3, -0.25) is 4.98 Å². The quantitative estimate of drug-likeness (QED) is 0.677. The lowest BCUT2D eigenvalue weighted by Crippen LogP contribution is -2.17. The van der Waals surface area contributed by atoms with Crippen LogP contribution in [0.5, 0.6) is 0 Å². The van der Waals surface area contributed by atoms with Gasteiger partial charge >= 0.3 is 0 Å². The van der Waals surface area contributed by atoms with E-state index in [9.17, 15) is 4.39 Å². The molecule has 0 aliphatic heterocycles. The molecule has 2 aromatic rings. The Bertz CT molecular complexity index is 605. The molecule has 0 saturated heterocycles. The Morgan fingerprint density at radius 1 is 1.25 bits per heavy atom. The first-order valence-electron chi connectivity index (χ1n) is 6.18. The van der Waals surface area contributed by atoms with Crippen molar-refractivity contribution in [1.29, 1.82) is 0 Å². The number of nitrogens with zero attached hydrogens (tertiary/aromatic N) is 2. The first kappa shape index (κ1) is 15.2. The van der Waals surface area contributed by atoms with E-state index in [-0.39, 0.29) is 10.3 Å². The summed E-state index contributed by atoms with van der Waals surface area (Å²) in [4.78, 5) is 7.78. The zero-order valence-corrected chi connectivity index (χ0v) is 12.5. The summed E-state index contributed by atoms with van der Waals surface area (Å²) < 4.78 is 13.3. The zero-order chi connectivity index (χ0) is 14.5. The molecule has 3 nitrogen and oxygen atoms in total. The molecule has 6 heteroatoms. The van der Waals surface area contributed by atoms with Gasteiger partial charge in [-0.05, 0) is 43.1 Å². The van der Waals surface area contributed by atoms with Gasteiger partial charge in [-0.2, -0.15) is 0 Å². The van der Waals surface area contributed by atoms with Gasteiger partial charge in [-0.25, -0.2) is 9.37 Å². The van der Waals surface area contributed by atoms with E-state index in [0.29, 0.717) is 12.1 Å². The molecule has 20 heavy (non-hydrogen) atoms. The van der Waals surface area contributed by atoms with Gasteiger partial charge in [0.1, 0.15) is 5.15 Å². The summed E-state index contributed by atoms with van der Waals surface area (Å²) >= 11 is 11.5. The minimum Gasteiger partial charge on any atom is -0.312 e. The van der Waals surface area contributed by atoms with Crippen LogP contribution in [0.1, 0.15) is 16.7 Å². The van der Waals surface area contributed by atoms with E-state index >= 15 is 0 Å². The minimum absolute atomic E-state index is 0.203. The first-order valence-corrected chi connectivity index (χ1v) is 6.94. The highest BCUT2D eigenvalue weighted by Crippen LogP contribution is 2.20. The second-order valence-electron chi connectivity index (χ2n) is 4.44. The van der Waals surface area contributed by atoms with Gasteiger partial charge < -0.3 is 5.32 Å². The fourth-order valence-corrected chi connectivity index (χ4v) is 2.22. The lowest BCUT2D eigenvalue weighted by molar-refractivity contribution is 0.613. The average Bonchev–Trinajstić information content (AvgIpc) is 2.42. The normalized spacial score (nSPS) is 10.8.